The van der Waals surface area contributed by atoms with Crippen LogP contribution in [0.1, 0.15) is 40.0 Å². The molecule has 1 aliphatic rings. The molecule has 1 aromatic carbocycles. The van der Waals surface area contributed by atoms with Gasteiger partial charge in [-0.05, 0) is 42.7 Å². The molecule has 34 heavy (non-hydrogen) atoms. The minimum absolute atomic E-state index is 0.140. The summed E-state index contributed by atoms with van der Waals surface area (Å²) in [5, 5.41) is 3.72. The van der Waals surface area contributed by atoms with E-state index < -0.39 is 20.4 Å². The molecule has 3 rings (SSSR count). The highest BCUT2D eigenvalue weighted by molar-refractivity contribution is 7.32. The van der Waals surface area contributed by atoms with Gasteiger partial charge < -0.3 is 20.7 Å². The number of ether oxygens (including phenoxy) is 1. The molecule has 0 radical (unpaired) electrons. The predicted molar refractivity (Wildman–Crippen MR) is 131 cm³/mol. The van der Waals surface area contributed by atoms with E-state index in [9.17, 15) is 14.3 Å². The van der Waals surface area contributed by atoms with Crippen molar-refractivity contribution in [2.75, 3.05) is 31.6 Å². The lowest BCUT2D eigenvalue weighted by atomic mass is 9.87. The molecule has 3 atom stereocenters. The van der Waals surface area contributed by atoms with Crippen LogP contribution < -0.4 is 20.7 Å². The summed E-state index contributed by atoms with van der Waals surface area (Å²) in [6.45, 7) is 7.38. The average molecular weight is 493 g/mol. The number of carbonyl (C=O) groups is 1. The zero-order valence-electron chi connectivity index (χ0n) is 20.2. The molecule has 0 bridgehead atoms. The van der Waals surface area contributed by atoms with Crippen molar-refractivity contribution in [3.63, 3.8) is 0 Å². The SMILES string of the molecule is COc1cccc2c(N3CCC(CC(CNC(=O)C(N)C(C)(C)C)O[P+](=O)O)CC3)ncnc12. The quantitative estimate of drug-likeness (QED) is 0.451. The highest BCUT2D eigenvalue weighted by Crippen LogP contribution is 2.33. The lowest BCUT2D eigenvalue weighted by molar-refractivity contribution is -0.124. The third kappa shape index (κ3) is 6.60. The van der Waals surface area contributed by atoms with Crippen molar-refractivity contribution in [2.24, 2.45) is 17.1 Å². The first kappa shape index (κ1) is 26.2. The van der Waals surface area contributed by atoms with Crippen LogP contribution in [0, 0.1) is 11.3 Å². The molecule has 1 aliphatic heterocycles. The number of benzene rings is 1. The van der Waals surface area contributed by atoms with Gasteiger partial charge in [-0.15, -0.1) is 9.42 Å². The van der Waals surface area contributed by atoms with Crippen LogP contribution >= 0.6 is 8.25 Å². The van der Waals surface area contributed by atoms with E-state index in [4.69, 9.17) is 15.0 Å². The lowest BCUT2D eigenvalue weighted by Crippen LogP contribution is -2.50. The van der Waals surface area contributed by atoms with Gasteiger partial charge in [0, 0.05) is 29.6 Å². The number of carbonyl (C=O) groups excluding carboxylic acids is 1. The minimum atomic E-state index is -2.78. The van der Waals surface area contributed by atoms with Crippen molar-refractivity contribution in [1.29, 1.82) is 0 Å². The van der Waals surface area contributed by atoms with E-state index in [0.717, 1.165) is 42.7 Å². The Balaban J connectivity index is 1.60. The Hall–Kier alpha value is -2.39. The molecule has 0 spiro atoms. The van der Waals surface area contributed by atoms with Gasteiger partial charge in [-0.25, -0.2) is 9.97 Å². The van der Waals surface area contributed by atoms with Gasteiger partial charge in [0.1, 0.15) is 29.5 Å². The molecule has 1 amide bonds. The highest BCUT2D eigenvalue weighted by Gasteiger charge is 2.32. The third-order valence-corrected chi connectivity index (χ3v) is 6.77. The Kier molecular flexibility index (Phi) is 8.76. The average Bonchev–Trinajstić information content (AvgIpc) is 2.80. The van der Waals surface area contributed by atoms with Gasteiger partial charge in [0.15, 0.2) is 0 Å². The van der Waals surface area contributed by atoms with E-state index in [1.165, 1.54) is 0 Å². The minimum Gasteiger partial charge on any atom is -0.494 e. The number of para-hydroxylation sites is 1. The molecule has 3 unspecified atom stereocenters. The molecule has 1 fully saturated rings. The number of methoxy groups -OCH3 is 1. The molecule has 10 nitrogen and oxygen atoms in total. The molecule has 2 aromatic rings. The summed E-state index contributed by atoms with van der Waals surface area (Å²) in [5.74, 6) is 1.57. The fourth-order valence-corrected chi connectivity index (χ4v) is 4.64. The van der Waals surface area contributed by atoms with Crippen LogP contribution in [0.25, 0.3) is 10.9 Å². The van der Waals surface area contributed by atoms with Crippen molar-refractivity contribution >= 4 is 30.9 Å². The normalized spacial score (nSPS) is 17.4. The molecule has 11 heteroatoms. The number of hydrogen-bond acceptors (Lipinski definition) is 8. The van der Waals surface area contributed by atoms with E-state index in [1.807, 2.05) is 39.0 Å². The van der Waals surface area contributed by atoms with Crippen molar-refractivity contribution in [3.8, 4) is 5.75 Å². The number of anilines is 1. The second-order valence-electron chi connectivity index (χ2n) is 9.77. The second kappa shape index (κ2) is 11.4. The number of hydrogen-bond donors (Lipinski definition) is 3. The smallest absolute Gasteiger partial charge is 0.494 e. The fourth-order valence-electron chi connectivity index (χ4n) is 4.22. The third-order valence-electron chi connectivity index (χ3n) is 6.30. The first-order chi connectivity index (χ1) is 16.1. The van der Waals surface area contributed by atoms with Gasteiger partial charge in [0.05, 0.1) is 13.2 Å². The summed E-state index contributed by atoms with van der Waals surface area (Å²) in [6.07, 6.45) is 3.29. The molecule has 2 heterocycles. The standard InChI is InChI=1S/C23H34N5O5P/c1-23(2,3)20(24)22(29)25-13-16(33-34(30)31)12-15-8-10-28(11-9-15)21-17-6-5-7-18(32-4)19(17)26-14-27-21/h5-7,14-16,20H,8-13,24H2,1-4H3,(H-,25,29,30,31)/p+1. The number of nitrogens with one attached hydrogen (secondary N) is 1. The zero-order valence-corrected chi connectivity index (χ0v) is 21.1. The van der Waals surface area contributed by atoms with Gasteiger partial charge in [-0.1, -0.05) is 26.8 Å². The van der Waals surface area contributed by atoms with Crippen LogP contribution in [-0.4, -0.2) is 59.7 Å². The van der Waals surface area contributed by atoms with Crippen LogP contribution in [0.3, 0.4) is 0 Å². The fraction of sp³-hybridized carbons (Fsp3) is 0.609. The maximum Gasteiger partial charge on any atom is 0.695 e. The van der Waals surface area contributed by atoms with E-state index >= 15 is 0 Å². The summed E-state index contributed by atoms with van der Waals surface area (Å²) in [7, 11) is -1.15. The molecule has 1 saturated heterocycles. The van der Waals surface area contributed by atoms with E-state index in [0.29, 0.717) is 12.2 Å². The molecule has 4 N–H and O–H groups in total. The van der Waals surface area contributed by atoms with E-state index in [1.54, 1.807) is 13.4 Å². The summed E-state index contributed by atoms with van der Waals surface area (Å²) >= 11 is 0. The maximum atomic E-state index is 12.4. The Morgan fingerprint density at radius 2 is 2.03 bits per heavy atom. The van der Waals surface area contributed by atoms with Crippen LogP contribution in [0.4, 0.5) is 5.82 Å². The van der Waals surface area contributed by atoms with E-state index in [2.05, 4.69) is 20.2 Å². The number of amides is 1. The van der Waals surface area contributed by atoms with Crippen LogP contribution in [0.2, 0.25) is 0 Å². The predicted octanol–water partition coefficient (Wildman–Crippen LogP) is 2.77. The number of aromatic nitrogens is 2. The summed E-state index contributed by atoms with van der Waals surface area (Å²) in [4.78, 5) is 32.8. The number of nitrogens with zero attached hydrogens (tertiary/aromatic N) is 3. The zero-order chi connectivity index (χ0) is 24.9. The Labute approximate surface area is 201 Å². The van der Waals surface area contributed by atoms with Crippen LogP contribution in [-0.2, 0) is 13.9 Å². The first-order valence-corrected chi connectivity index (χ1v) is 12.6. The molecule has 0 aliphatic carbocycles. The monoisotopic (exact) mass is 492 g/mol. The second-order valence-corrected chi connectivity index (χ2v) is 10.5. The van der Waals surface area contributed by atoms with Crippen LogP contribution in [0.15, 0.2) is 24.5 Å². The van der Waals surface area contributed by atoms with Crippen molar-refractivity contribution < 1.29 is 23.5 Å². The maximum absolute atomic E-state index is 12.4. The molecule has 186 valence electrons. The topological polar surface area (TPSA) is 140 Å². The highest BCUT2D eigenvalue weighted by atomic mass is 31.1. The van der Waals surface area contributed by atoms with Crippen molar-refractivity contribution in [2.45, 2.75) is 52.2 Å². The summed E-state index contributed by atoms with van der Waals surface area (Å²) in [5.41, 5.74) is 6.41. The first-order valence-electron chi connectivity index (χ1n) is 11.5. The summed E-state index contributed by atoms with van der Waals surface area (Å²) in [6, 6.07) is 5.12. The Bertz CT molecular complexity index is 1010. The van der Waals surface area contributed by atoms with Gasteiger partial charge in [-0.2, -0.15) is 0 Å². The van der Waals surface area contributed by atoms with E-state index in [-0.39, 0.29) is 23.8 Å². The van der Waals surface area contributed by atoms with Gasteiger partial charge >= 0.3 is 8.25 Å². The number of piperidine rings is 1. The molecule has 0 saturated carbocycles. The number of nitrogens with two attached hydrogens (primary N) is 1. The lowest BCUT2D eigenvalue weighted by Gasteiger charge is -2.34. The van der Waals surface area contributed by atoms with Crippen LogP contribution in [0.5, 0.6) is 5.75 Å². The van der Waals surface area contributed by atoms with Gasteiger partial charge in [0.2, 0.25) is 5.91 Å². The number of fused-ring (bicyclic) bond motifs is 1. The molecule has 1 aromatic heterocycles. The summed E-state index contributed by atoms with van der Waals surface area (Å²) < 4.78 is 22.0. The molecular weight excluding hydrogens is 457 g/mol. The van der Waals surface area contributed by atoms with Gasteiger partial charge in [-0.3, -0.25) is 4.79 Å². The van der Waals surface area contributed by atoms with Crippen molar-refractivity contribution in [3.05, 3.63) is 24.5 Å². The van der Waals surface area contributed by atoms with Gasteiger partial charge in [0.25, 0.3) is 0 Å². The molecular formula is C23H35N5O5P+. The Morgan fingerprint density at radius 3 is 2.65 bits per heavy atom. The Morgan fingerprint density at radius 1 is 1.32 bits per heavy atom. The largest absolute Gasteiger partial charge is 0.695 e. The number of rotatable bonds is 9. The van der Waals surface area contributed by atoms with Crippen molar-refractivity contribution in [1.82, 2.24) is 15.3 Å².